The minimum Gasteiger partial charge on any atom is -0.497 e. The molecule has 0 saturated heterocycles. The van der Waals surface area contributed by atoms with E-state index in [1.807, 2.05) is 31.2 Å². The van der Waals surface area contributed by atoms with Gasteiger partial charge >= 0.3 is 5.97 Å². The minimum absolute atomic E-state index is 0.392. The molecule has 0 amide bonds. The molecule has 2 rings (SSSR count). The minimum atomic E-state index is -0.862. The lowest BCUT2D eigenvalue weighted by Gasteiger charge is -2.05. The highest BCUT2D eigenvalue weighted by Crippen LogP contribution is 2.21. The van der Waals surface area contributed by atoms with E-state index in [9.17, 15) is 4.79 Å². The van der Waals surface area contributed by atoms with Crippen molar-refractivity contribution in [2.45, 2.75) is 20.0 Å². The summed E-state index contributed by atoms with van der Waals surface area (Å²) in [5.41, 5.74) is 2.21. The van der Waals surface area contributed by atoms with Crippen LogP contribution in [0.2, 0.25) is 0 Å². The van der Waals surface area contributed by atoms with E-state index in [1.165, 1.54) is 11.3 Å². The molecular formula is C15H17NO3S. The lowest BCUT2D eigenvalue weighted by molar-refractivity contribution is 0.0702. The molecule has 0 aliphatic heterocycles. The first-order chi connectivity index (χ1) is 9.60. The third kappa shape index (κ3) is 3.59. The smallest absolute Gasteiger partial charge is 0.345 e. The Hall–Kier alpha value is -1.85. The summed E-state index contributed by atoms with van der Waals surface area (Å²) in [6.07, 6.45) is 0. The number of benzene rings is 1. The SMILES string of the molecule is COc1ccc(CNCc2cc(C(=O)O)sc2C)cc1. The lowest BCUT2D eigenvalue weighted by atomic mass is 10.2. The van der Waals surface area contributed by atoms with Gasteiger partial charge in [-0.15, -0.1) is 11.3 Å². The monoisotopic (exact) mass is 291 g/mol. The predicted molar refractivity (Wildman–Crippen MR) is 79.6 cm³/mol. The quantitative estimate of drug-likeness (QED) is 0.859. The Morgan fingerprint density at radius 2 is 2.00 bits per heavy atom. The van der Waals surface area contributed by atoms with E-state index in [2.05, 4.69) is 5.32 Å². The third-order valence-corrected chi connectivity index (χ3v) is 4.12. The van der Waals surface area contributed by atoms with E-state index < -0.39 is 5.97 Å². The van der Waals surface area contributed by atoms with Crippen molar-refractivity contribution in [3.05, 3.63) is 51.2 Å². The second-order valence-corrected chi connectivity index (χ2v) is 5.71. The number of aryl methyl sites for hydroxylation is 1. The molecule has 1 aromatic carbocycles. The second kappa shape index (κ2) is 6.54. The number of hydrogen-bond donors (Lipinski definition) is 2. The van der Waals surface area contributed by atoms with Crippen LogP contribution in [0.4, 0.5) is 0 Å². The Bertz CT molecular complexity index is 590. The van der Waals surface area contributed by atoms with Gasteiger partial charge in [0.05, 0.1) is 7.11 Å². The van der Waals surface area contributed by atoms with Crippen molar-refractivity contribution < 1.29 is 14.6 Å². The molecule has 106 valence electrons. The summed E-state index contributed by atoms with van der Waals surface area (Å²) in [5, 5.41) is 12.3. The van der Waals surface area contributed by atoms with E-state index >= 15 is 0 Å². The average molecular weight is 291 g/mol. The molecule has 0 fully saturated rings. The van der Waals surface area contributed by atoms with Crippen LogP contribution in [-0.2, 0) is 13.1 Å². The van der Waals surface area contributed by atoms with Gasteiger partial charge in [-0.25, -0.2) is 4.79 Å². The first kappa shape index (κ1) is 14.6. The van der Waals surface area contributed by atoms with E-state index in [0.29, 0.717) is 11.4 Å². The zero-order chi connectivity index (χ0) is 14.5. The highest BCUT2D eigenvalue weighted by molar-refractivity contribution is 7.14. The van der Waals surface area contributed by atoms with Gasteiger partial charge in [-0.2, -0.15) is 0 Å². The molecule has 0 atom stereocenters. The zero-order valence-corrected chi connectivity index (χ0v) is 12.3. The van der Waals surface area contributed by atoms with E-state index in [1.54, 1.807) is 13.2 Å². The van der Waals surface area contributed by atoms with Crippen LogP contribution >= 0.6 is 11.3 Å². The maximum absolute atomic E-state index is 10.9. The van der Waals surface area contributed by atoms with Crippen molar-refractivity contribution in [2.24, 2.45) is 0 Å². The molecule has 5 heteroatoms. The molecule has 0 saturated carbocycles. The Balaban J connectivity index is 1.90. The molecule has 2 aromatic rings. The van der Waals surface area contributed by atoms with Crippen molar-refractivity contribution in [3.8, 4) is 5.75 Å². The summed E-state index contributed by atoms with van der Waals surface area (Å²) < 4.78 is 5.11. The summed E-state index contributed by atoms with van der Waals surface area (Å²) in [7, 11) is 1.65. The normalized spacial score (nSPS) is 10.5. The fraction of sp³-hybridized carbons (Fsp3) is 0.267. The third-order valence-electron chi connectivity index (χ3n) is 3.03. The first-order valence-corrected chi connectivity index (χ1v) is 7.08. The Kier molecular flexibility index (Phi) is 4.76. The van der Waals surface area contributed by atoms with Crippen LogP contribution in [-0.4, -0.2) is 18.2 Å². The number of methoxy groups -OCH3 is 1. The van der Waals surface area contributed by atoms with Crippen LogP contribution in [0.5, 0.6) is 5.75 Å². The largest absolute Gasteiger partial charge is 0.497 e. The van der Waals surface area contributed by atoms with Gasteiger partial charge in [-0.3, -0.25) is 0 Å². The molecule has 2 N–H and O–H groups in total. The molecule has 0 unspecified atom stereocenters. The highest BCUT2D eigenvalue weighted by Gasteiger charge is 2.10. The Labute approximate surface area is 122 Å². The van der Waals surface area contributed by atoms with Crippen LogP contribution in [0.1, 0.15) is 25.7 Å². The molecule has 1 aromatic heterocycles. The van der Waals surface area contributed by atoms with Gasteiger partial charge in [-0.1, -0.05) is 12.1 Å². The number of thiophene rings is 1. The molecule has 0 radical (unpaired) electrons. The number of nitrogens with one attached hydrogen (secondary N) is 1. The number of ether oxygens (including phenoxy) is 1. The van der Waals surface area contributed by atoms with Gasteiger partial charge in [0.1, 0.15) is 10.6 Å². The number of carboxylic acids is 1. The fourth-order valence-electron chi connectivity index (χ4n) is 1.89. The number of carboxylic acid groups (broad SMARTS) is 1. The summed E-state index contributed by atoms with van der Waals surface area (Å²) in [4.78, 5) is 12.3. The second-order valence-electron chi connectivity index (χ2n) is 4.45. The molecule has 1 heterocycles. The molecule has 0 bridgehead atoms. The van der Waals surface area contributed by atoms with Crippen LogP contribution in [0.25, 0.3) is 0 Å². The van der Waals surface area contributed by atoms with Gasteiger partial charge in [-0.05, 0) is 36.2 Å². The summed E-state index contributed by atoms with van der Waals surface area (Å²) in [5.74, 6) is -0.0203. The van der Waals surface area contributed by atoms with Crippen molar-refractivity contribution in [3.63, 3.8) is 0 Å². The van der Waals surface area contributed by atoms with Crippen LogP contribution < -0.4 is 10.1 Å². The Morgan fingerprint density at radius 3 is 2.55 bits per heavy atom. The summed E-state index contributed by atoms with van der Waals surface area (Å²) in [6, 6.07) is 9.61. The fourth-order valence-corrected chi connectivity index (χ4v) is 2.77. The highest BCUT2D eigenvalue weighted by atomic mass is 32.1. The van der Waals surface area contributed by atoms with Crippen LogP contribution in [0.15, 0.2) is 30.3 Å². The van der Waals surface area contributed by atoms with Crippen LogP contribution in [0.3, 0.4) is 0 Å². The summed E-state index contributed by atoms with van der Waals surface area (Å²) >= 11 is 1.32. The molecule has 20 heavy (non-hydrogen) atoms. The molecule has 0 aliphatic carbocycles. The van der Waals surface area contributed by atoms with Gasteiger partial charge in [0.2, 0.25) is 0 Å². The predicted octanol–water partition coefficient (Wildman–Crippen LogP) is 3.05. The van der Waals surface area contributed by atoms with Gasteiger partial charge in [0.15, 0.2) is 0 Å². The first-order valence-electron chi connectivity index (χ1n) is 6.26. The zero-order valence-electron chi connectivity index (χ0n) is 11.5. The number of rotatable bonds is 6. The van der Waals surface area contributed by atoms with Crippen molar-refractivity contribution in [1.29, 1.82) is 0 Å². The van der Waals surface area contributed by atoms with Crippen molar-refractivity contribution >= 4 is 17.3 Å². The molecule has 0 aliphatic rings. The molecule has 0 spiro atoms. The standard InChI is InChI=1S/C15H17NO3S/c1-10-12(7-14(20-10)15(17)18)9-16-8-11-3-5-13(19-2)6-4-11/h3-7,16H,8-9H2,1-2H3,(H,17,18). The molecule has 4 nitrogen and oxygen atoms in total. The van der Waals surface area contributed by atoms with Crippen LogP contribution in [0, 0.1) is 6.92 Å². The maximum atomic E-state index is 10.9. The van der Waals surface area contributed by atoms with Crippen molar-refractivity contribution in [1.82, 2.24) is 5.32 Å². The van der Waals surface area contributed by atoms with E-state index in [4.69, 9.17) is 9.84 Å². The topological polar surface area (TPSA) is 58.6 Å². The summed E-state index contributed by atoms with van der Waals surface area (Å²) in [6.45, 7) is 3.35. The van der Waals surface area contributed by atoms with Gasteiger partial charge in [0.25, 0.3) is 0 Å². The Morgan fingerprint density at radius 1 is 1.30 bits per heavy atom. The van der Waals surface area contributed by atoms with Gasteiger partial charge < -0.3 is 15.2 Å². The lowest BCUT2D eigenvalue weighted by Crippen LogP contribution is -2.12. The van der Waals surface area contributed by atoms with E-state index in [0.717, 1.165) is 28.3 Å². The number of carbonyl (C=O) groups is 1. The molecular weight excluding hydrogens is 274 g/mol. The number of hydrogen-bond acceptors (Lipinski definition) is 4. The van der Waals surface area contributed by atoms with E-state index in [-0.39, 0.29) is 0 Å². The number of aromatic carboxylic acids is 1. The van der Waals surface area contributed by atoms with Crippen molar-refractivity contribution in [2.75, 3.05) is 7.11 Å². The maximum Gasteiger partial charge on any atom is 0.345 e. The van der Waals surface area contributed by atoms with Gasteiger partial charge in [0, 0.05) is 18.0 Å². The average Bonchev–Trinajstić information content (AvgIpc) is 2.81.